The summed E-state index contributed by atoms with van der Waals surface area (Å²) in [6.07, 6.45) is 0. The maximum absolute atomic E-state index is 12.3. The van der Waals surface area contributed by atoms with E-state index >= 15 is 0 Å². The molecule has 8 nitrogen and oxygen atoms in total. The molecule has 0 aliphatic carbocycles. The summed E-state index contributed by atoms with van der Waals surface area (Å²) in [4.78, 5) is 24.5. The van der Waals surface area contributed by atoms with E-state index in [0.29, 0.717) is 34.3 Å². The van der Waals surface area contributed by atoms with Gasteiger partial charge in [-0.05, 0) is 38.1 Å². The molecule has 0 saturated carbocycles. The SMILES string of the molecule is COc1ccc(NC(=O)Nc2ccc3c(c2)OCC(C)(C)C(=O)N3)cc1OC. The Kier molecular flexibility index (Phi) is 5.30. The van der Waals surface area contributed by atoms with E-state index in [1.165, 1.54) is 7.11 Å². The van der Waals surface area contributed by atoms with Crippen LogP contribution in [-0.4, -0.2) is 32.8 Å². The number of benzene rings is 2. The molecular formula is C20H23N3O5. The van der Waals surface area contributed by atoms with Crippen molar-refractivity contribution in [3.8, 4) is 17.2 Å². The van der Waals surface area contributed by atoms with Gasteiger partial charge in [0.1, 0.15) is 12.4 Å². The third-order valence-electron chi connectivity index (χ3n) is 4.33. The van der Waals surface area contributed by atoms with Gasteiger partial charge in [-0.25, -0.2) is 4.79 Å². The molecule has 0 fully saturated rings. The molecule has 3 rings (SSSR count). The van der Waals surface area contributed by atoms with Crippen LogP contribution < -0.4 is 30.2 Å². The molecule has 0 unspecified atom stereocenters. The first-order valence-corrected chi connectivity index (χ1v) is 8.71. The number of urea groups is 1. The maximum Gasteiger partial charge on any atom is 0.323 e. The van der Waals surface area contributed by atoms with Crippen molar-refractivity contribution in [3.05, 3.63) is 36.4 Å². The van der Waals surface area contributed by atoms with Crippen LogP contribution in [0.25, 0.3) is 0 Å². The Morgan fingerprint density at radius 3 is 2.36 bits per heavy atom. The number of methoxy groups -OCH3 is 2. The van der Waals surface area contributed by atoms with Crippen LogP contribution in [0, 0.1) is 5.41 Å². The van der Waals surface area contributed by atoms with E-state index in [0.717, 1.165) is 0 Å². The zero-order chi connectivity index (χ0) is 20.3. The summed E-state index contributed by atoms with van der Waals surface area (Å²) in [5.41, 5.74) is 1.01. The van der Waals surface area contributed by atoms with E-state index in [9.17, 15) is 9.59 Å². The minimum Gasteiger partial charge on any atom is -0.493 e. The Bertz CT molecular complexity index is 911. The smallest absolute Gasteiger partial charge is 0.323 e. The predicted octanol–water partition coefficient (Wildman–Crippen LogP) is 3.70. The molecule has 3 N–H and O–H groups in total. The summed E-state index contributed by atoms with van der Waals surface area (Å²) in [7, 11) is 3.07. The second-order valence-electron chi connectivity index (χ2n) is 6.99. The van der Waals surface area contributed by atoms with Crippen molar-refractivity contribution in [2.24, 2.45) is 5.41 Å². The van der Waals surface area contributed by atoms with Crippen molar-refractivity contribution in [1.82, 2.24) is 0 Å². The van der Waals surface area contributed by atoms with Crippen LogP contribution in [0.2, 0.25) is 0 Å². The third kappa shape index (κ3) is 4.11. The van der Waals surface area contributed by atoms with Crippen LogP contribution in [0.3, 0.4) is 0 Å². The van der Waals surface area contributed by atoms with Crippen LogP contribution in [-0.2, 0) is 4.79 Å². The monoisotopic (exact) mass is 385 g/mol. The van der Waals surface area contributed by atoms with E-state index in [4.69, 9.17) is 14.2 Å². The van der Waals surface area contributed by atoms with Gasteiger partial charge in [0.05, 0.1) is 25.3 Å². The molecule has 148 valence electrons. The molecule has 8 heteroatoms. The van der Waals surface area contributed by atoms with Gasteiger partial charge < -0.3 is 30.2 Å². The minimum absolute atomic E-state index is 0.113. The van der Waals surface area contributed by atoms with Crippen LogP contribution in [0.1, 0.15) is 13.8 Å². The maximum atomic E-state index is 12.3. The summed E-state index contributed by atoms with van der Waals surface area (Å²) in [5.74, 6) is 1.47. The first-order valence-electron chi connectivity index (χ1n) is 8.71. The Morgan fingerprint density at radius 1 is 1.04 bits per heavy atom. The van der Waals surface area contributed by atoms with Crippen LogP contribution >= 0.6 is 0 Å². The summed E-state index contributed by atoms with van der Waals surface area (Å²) < 4.78 is 16.2. The molecule has 1 aliphatic rings. The number of hydrogen-bond acceptors (Lipinski definition) is 5. The number of fused-ring (bicyclic) bond motifs is 1. The van der Waals surface area contributed by atoms with Gasteiger partial charge in [0.2, 0.25) is 5.91 Å². The predicted molar refractivity (Wildman–Crippen MR) is 107 cm³/mol. The fourth-order valence-electron chi connectivity index (χ4n) is 2.65. The largest absolute Gasteiger partial charge is 0.493 e. The molecule has 0 atom stereocenters. The lowest BCUT2D eigenvalue weighted by Gasteiger charge is -2.18. The number of carbonyl (C=O) groups is 2. The van der Waals surface area contributed by atoms with Gasteiger partial charge >= 0.3 is 6.03 Å². The van der Waals surface area contributed by atoms with E-state index < -0.39 is 11.4 Å². The van der Waals surface area contributed by atoms with Gasteiger partial charge in [-0.3, -0.25) is 4.79 Å². The molecular weight excluding hydrogens is 362 g/mol. The van der Waals surface area contributed by atoms with Crippen molar-refractivity contribution in [2.75, 3.05) is 36.8 Å². The average molecular weight is 385 g/mol. The number of amides is 3. The van der Waals surface area contributed by atoms with Crippen LogP contribution in [0.15, 0.2) is 36.4 Å². The molecule has 0 aromatic heterocycles. The normalized spacial score (nSPS) is 14.6. The number of carbonyl (C=O) groups excluding carboxylic acids is 2. The van der Waals surface area contributed by atoms with Crippen molar-refractivity contribution >= 4 is 29.0 Å². The van der Waals surface area contributed by atoms with Gasteiger partial charge in [-0.2, -0.15) is 0 Å². The zero-order valence-electron chi connectivity index (χ0n) is 16.2. The van der Waals surface area contributed by atoms with Gasteiger partial charge in [0.25, 0.3) is 0 Å². The van der Waals surface area contributed by atoms with Crippen molar-refractivity contribution < 1.29 is 23.8 Å². The standard InChI is InChI=1S/C20H23N3O5/c1-20(2)11-28-16-9-12(5-7-14(16)23-18(20)24)21-19(25)22-13-6-8-15(26-3)17(10-13)27-4/h5-10H,11H2,1-4H3,(H,23,24)(H2,21,22,25). The Morgan fingerprint density at radius 2 is 1.68 bits per heavy atom. The molecule has 1 heterocycles. The van der Waals surface area contributed by atoms with Gasteiger partial charge in [-0.1, -0.05) is 0 Å². The second kappa shape index (κ2) is 7.67. The number of nitrogens with one attached hydrogen (secondary N) is 3. The van der Waals surface area contributed by atoms with Gasteiger partial charge in [-0.15, -0.1) is 0 Å². The van der Waals surface area contributed by atoms with Crippen LogP contribution in [0.4, 0.5) is 21.9 Å². The molecule has 0 radical (unpaired) electrons. The lowest BCUT2D eigenvalue weighted by atomic mass is 9.94. The summed E-state index contributed by atoms with van der Waals surface area (Å²) in [6.45, 7) is 3.86. The lowest BCUT2D eigenvalue weighted by Crippen LogP contribution is -2.33. The summed E-state index contributed by atoms with van der Waals surface area (Å²) >= 11 is 0. The van der Waals surface area contributed by atoms with E-state index in [2.05, 4.69) is 16.0 Å². The van der Waals surface area contributed by atoms with Gasteiger partial charge in [0.15, 0.2) is 11.5 Å². The highest BCUT2D eigenvalue weighted by molar-refractivity contribution is 6.01. The average Bonchev–Trinajstić information content (AvgIpc) is 2.78. The van der Waals surface area contributed by atoms with E-state index in [1.807, 2.05) is 13.8 Å². The minimum atomic E-state index is -0.641. The zero-order valence-corrected chi connectivity index (χ0v) is 16.2. The lowest BCUT2D eigenvalue weighted by molar-refractivity contribution is -0.124. The second-order valence-corrected chi connectivity index (χ2v) is 6.99. The first kappa shape index (κ1) is 19.3. The first-order chi connectivity index (χ1) is 13.3. The van der Waals surface area contributed by atoms with E-state index in [1.54, 1.807) is 43.5 Å². The topological polar surface area (TPSA) is 97.9 Å². The fourth-order valence-corrected chi connectivity index (χ4v) is 2.65. The van der Waals surface area contributed by atoms with Crippen molar-refractivity contribution in [2.45, 2.75) is 13.8 Å². The molecule has 0 saturated heterocycles. The van der Waals surface area contributed by atoms with E-state index in [-0.39, 0.29) is 12.5 Å². The number of ether oxygens (including phenoxy) is 3. The number of anilines is 3. The Balaban J connectivity index is 1.70. The Hall–Kier alpha value is -3.42. The summed E-state index contributed by atoms with van der Waals surface area (Å²) in [5, 5.41) is 8.32. The molecule has 28 heavy (non-hydrogen) atoms. The number of hydrogen-bond donors (Lipinski definition) is 3. The molecule has 2 aromatic carbocycles. The summed E-state index contributed by atoms with van der Waals surface area (Å²) in [6, 6.07) is 9.70. The Labute approximate surface area is 163 Å². The highest BCUT2D eigenvalue weighted by atomic mass is 16.5. The number of rotatable bonds is 4. The van der Waals surface area contributed by atoms with Crippen LogP contribution in [0.5, 0.6) is 17.2 Å². The fraction of sp³-hybridized carbons (Fsp3) is 0.300. The molecule has 2 aromatic rings. The van der Waals surface area contributed by atoms with Gasteiger partial charge in [0, 0.05) is 23.5 Å². The molecule has 0 spiro atoms. The van der Waals surface area contributed by atoms with Crippen molar-refractivity contribution in [1.29, 1.82) is 0 Å². The third-order valence-corrected chi connectivity index (χ3v) is 4.33. The molecule has 1 aliphatic heterocycles. The van der Waals surface area contributed by atoms with Crippen molar-refractivity contribution in [3.63, 3.8) is 0 Å². The highest BCUT2D eigenvalue weighted by Crippen LogP contribution is 2.34. The quantitative estimate of drug-likeness (QED) is 0.745. The molecule has 3 amide bonds. The highest BCUT2D eigenvalue weighted by Gasteiger charge is 2.32. The molecule has 0 bridgehead atoms.